The van der Waals surface area contributed by atoms with Crippen LogP contribution >= 0.6 is 0 Å². The summed E-state index contributed by atoms with van der Waals surface area (Å²) in [7, 11) is 0. The summed E-state index contributed by atoms with van der Waals surface area (Å²) in [5, 5.41) is 13.9. The molecule has 0 aliphatic heterocycles. The minimum absolute atomic E-state index is 0.0760. The van der Waals surface area contributed by atoms with Gasteiger partial charge in [0.15, 0.2) is 5.43 Å². The lowest BCUT2D eigenvalue weighted by Gasteiger charge is -2.23. The number of rotatable bonds is 6. The lowest BCUT2D eigenvalue weighted by atomic mass is 10.1. The van der Waals surface area contributed by atoms with E-state index in [0.29, 0.717) is 34.6 Å². The molecule has 0 amide bonds. The van der Waals surface area contributed by atoms with Crippen LogP contribution in [-0.4, -0.2) is 29.9 Å². The molecule has 0 radical (unpaired) electrons. The molecule has 1 unspecified atom stereocenters. The maximum atomic E-state index is 12.4. The van der Waals surface area contributed by atoms with Crippen molar-refractivity contribution in [2.24, 2.45) is 0 Å². The Morgan fingerprint density at radius 3 is 2.59 bits per heavy atom. The van der Waals surface area contributed by atoms with Gasteiger partial charge in [0.1, 0.15) is 29.8 Å². The summed E-state index contributed by atoms with van der Waals surface area (Å²) in [6, 6.07) is 16.0. The quantitative estimate of drug-likeness (QED) is 0.697. The van der Waals surface area contributed by atoms with Gasteiger partial charge in [-0.2, -0.15) is 0 Å². The molecule has 0 saturated carbocycles. The van der Waals surface area contributed by atoms with Gasteiger partial charge in [-0.15, -0.1) is 0 Å². The van der Waals surface area contributed by atoms with E-state index < -0.39 is 6.10 Å². The van der Waals surface area contributed by atoms with E-state index in [1.54, 1.807) is 18.2 Å². The molecule has 0 spiro atoms. The molecule has 5 heteroatoms. The molecule has 5 nitrogen and oxygen atoms in total. The number of β-amino-alcohol motifs (C(OH)–C–C–N with tert-alkyl or cyclic N) is 1. The first-order chi connectivity index (χ1) is 12.8. The Bertz CT molecular complexity index is 972. The van der Waals surface area contributed by atoms with E-state index >= 15 is 0 Å². The summed E-state index contributed by atoms with van der Waals surface area (Å²) < 4.78 is 11.7. The lowest BCUT2D eigenvalue weighted by Crippen LogP contribution is -2.42. The molecule has 1 atom stereocenters. The van der Waals surface area contributed by atoms with Gasteiger partial charge in [-0.3, -0.25) is 4.79 Å². The lowest BCUT2D eigenvalue weighted by molar-refractivity contribution is 0.100. The molecule has 1 aromatic heterocycles. The predicted molar refractivity (Wildman–Crippen MR) is 107 cm³/mol. The zero-order valence-electron chi connectivity index (χ0n) is 15.9. The van der Waals surface area contributed by atoms with Crippen LogP contribution in [0.3, 0.4) is 0 Å². The van der Waals surface area contributed by atoms with Crippen molar-refractivity contribution in [2.45, 2.75) is 32.4 Å². The van der Waals surface area contributed by atoms with Gasteiger partial charge < -0.3 is 19.6 Å². The van der Waals surface area contributed by atoms with Crippen molar-refractivity contribution < 1.29 is 14.3 Å². The fourth-order valence-corrected chi connectivity index (χ4v) is 2.70. The fourth-order valence-electron chi connectivity index (χ4n) is 2.70. The van der Waals surface area contributed by atoms with E-state index in [0.717, 1.165) is 0 Å². The molecule has 2 aromatic carbocycles. The molecule has 3 rings (SSSR count). The third kappa shape index (κ3) is 4.96. The molecule has 0 aliphatic carbocycles. The summed E-state index contributed by atoms with van der Waals surface area (Å²) in [4.78, 5) is 12.4. The third-order valence-electron chi connectivity index (χ3n) is 4.09. The van der Waals surface area contributed by atoms with Gasteiger partial charge in [0.2, 0.25) is 0 Å². The van der Waals surface area contributed by atoms with Gasteiger partial charge in [0.25, 0.3) is 0 Å². The Labute approximate surface area is 158 Å². The summed E-state index contributed by atoms with van der Waals surface area (Å²) in [6.07, 6.45) is -0.652. The van der Waals surface area contributed by atoms with Crippen molar-refractivity contribution >= 4 is 11.0 Å². The van der Waals surface area contributed by atoms with Crippen LogP contribution in [0.5, 0.6) is 5.75 Å². The van der Waals surface area contributed by atoms with Crippen LogP contribution in [0.1, 0.15) is 20.8 Å². The maximum absolute atomic E-state index is 12.4. The first-order valence-corrected chi connectivity index (χ1v) is 9.02. The second kappa shape index (κ2) is 7.94. The van der Waals surface area contributed by atoms with Crippen LogP contribution in [0.4, 0.5) is 0 Å². The summed E-state index contributed by atoms with van der Waals surface area (Å²) in [6.45, 7) is 6.68. The van der Waals surface area contributed by atoms with E-state index in [4.69, 9.17) is 9.15 Å². The Morgan fingerprint density at radius 1 is 1.11 bits per heavy atom. The number of hydrogen-bond donors (Lipinski definition) is 2. The normalized spacial score (nSPS) is 12.9. The zero-order valence-corrected chi connectivity index (χ0v) is 15.9. The second-order valence-electron chi connectivity index (χ2n) is 7.56. The highest BCUT2D eigenvalue weighted by Crippen LogP contribution is 2.30. The fraction of sp³-hybridized carbons (Fsp3) is 0.318. The maximum Gasteiger partial charge on any atom is 0.193 e. The Morgan fingerprint density at radius 2 is 1.81 bits per heavy atom. The van der Waals surface area contributed by atoms with Crippen molar-refractivity contribution in [1.29, 1.82) is 0 Å². The molecule has 27 heavy (non-hydrogen) atoms. The molecular formula is C22H25NO4. The second-order valence-corrected chi connectivity index (χ2v) is 7.56. The van der Waals surface area contributed by atoms with Gasteiger partial charge >= 0.3 is 0 Å². The molecule has 1 heterocycles. The number of benzene rings is 2. The van der Waals surface area contributed by atoms with Crippen molar-refractivity contribution in [3.63, 3.8) is 0 Å². The molecule has 0 fully saturated rings. The van der Waals surface area contributed by atoms with Crippen molar-refractivity contribution in [1.82, 2.24) is 5.32 Å². The molecule has 0 saturated heterocycles. The Balaban J connectivity index is 1.81. The van der Waals surface area contributed by atoms with E-state index in [1.807, 2.05) is 51.1 Å². The number of nitrogens with one attached hydrogen (secondary N) is 1. The first-order valence-electron chi connectivity index (χ1n) is 9.02. The monoisotopic (exact) mass is 367 g/mol. The molecule has 0 bridgehead atoms. The standard InChI is InChI=1S/C22H25NO4/c1-22(2,3)23-13-15(24)14-26-19-10-6-5-9-17(19)21-12-18(25)16-8-4-7-11-20(16)27-21/h4-12,15,23-24H,13-14H2,1-3H3. The minimum Gasteiger partial charge on any atom is -0.490 e. The van der Waals surface area contributed by atoms with E-state index in [2.05, 4.69) is 5.32 Å². The van der Waals surface area contributed by atoms with Crippen LogP contribution in [-0.2, 0) is 0 Å². The van der Waals surface area contributed by atoms with Gasteiger partial charge in [-0.1, -0.05) is 24.3 Å². The molecule has 3 aromatic rings. The Kier molecular flexibility index (Phi) is 5.63. The number of hydrogen-bond acceptors (Lipinski definition) is 5. The van der Waals surface area contributed by atoms with Crippen LogP contribution in [0, 0.1) is 0 Å². The SMILES string of the molecule is CC(C)(C)NCC(O)COc1ccccc1-c1cc(=O)c2ccccc2o1. The van der Waals surface area contributed by atoms with Gasteiger partial charge in [-0.25, -0.2) is 0 Å². The van der Waals surface area contributed by atoms with E-state index in [-0.39, 0.29) is 17.6 Å². The number of aliphatic hydroxyl groups excluding tert-OH is 1. The topological polar surface area (TPSA) is 71.7 Å². The highest BCUT2D eigenvalue weighted by Gasteiger charge is 2.15. The highest BCUT2D eigenvalue weighted by molar-refractivity contribution is 5.79. The van der Waals surface area contributed by atoms with Gasteiger partial charge in [-0.05, 0) is 45.0 Å². The van der Waals surface area contributed by atoms with Crippen molar-refractivity contribution in [3.8, 4) is 17.1 Å². The molecule has 2 N–H and O–H groups in total. The van der Waals surface area contributed by atoms with E-state index in [9.17, 15) is 9.90 Å². The first kappa shape index (κ1) is 19.1. The number of para-hydroxylation sites is 2. The summed E-state index contributed by atoms with van der Waals surface area (Å²) in [5.41, 5.74) is 1.03. The number of fused-ring (bicyclic) bond motifs is 1. The zero-order chi connectivity index (χ0) is 19.4. The van der Waals surface area contributed by atoms with Gasteiger partial charge in [0, 0.05) is 18.2 Å². The van der Waals surface area contributed by atoms with Crippen LogP contribution in [0.25, 0.3) is 22.3 Å². The largest absolute Gasteiger partial charge is 0.490 e. The molecule has 142 valence electrons. The summed E-state index contributed by atoms with van der Waals surface area (Å²) in [5.74, 6) is 1.00. The molecule has 0 aliphatic rings. The third-order valence-corrected chi connectivity index (χ3v) is 4.09. The Hall–Kier alpha value is -2.63. The van der Waals surface area contributed by atoms with Crippen molar-refractivity contribution in [2.75, 3.05) is 13.2 Å². The smallest absolute Gasteiger partial charge is 0.193 e. The average molecular weight is 367 g/mol. The molecular weight excluding hydrogens is 342 g/mol. The highest BCUT2D eigenvalue weighted by atomic mass is 16.5. The van der Waals surface area contributed by atoms with Crippen LogP contribution < -0.4 is 15.5 Å². The van der Waals surface area contributed by atoms with Crippen molar-refractivity contribution in [3.05, 3.63) is 64.8 Å². The van der Waals surface area contributed by atoms with Crippen LogP contribution in [0.15, 0.2) is 63.8 Å². The predicted octanol–water partition coefficient (Wildman–Crippen LogP) is 3.59. The summed E-state index contributed by atoms with van der Waals surface area (Å²) >= 11 is 0. The minimum atomic E-state index is -0.652. The van der Waals surface area contributed by atoms with E-state index in [1.165, 1.54) is 6.07 Å². The average Bonchev–Trinajstić information content (AvgIpc) is 2.64. The van der Waals surface area contributed by atoms with Crippen LogP contribution in [0.2, 0.25) is 0 Å². The number of aliphatic hydroxyl groups is 1. The van der Waals surface area contributed by atoms with Gasteiger partial charge in [0.05, 0.1) is 10.9 Å². The number of ether oxygens (including phenoxy) is 1.